The fraction of sp³-hybridized carbons (Fsp3) is 0.412. The number of aromatic nitrogens is 3. The van der Waals surface area contributed by atoms with Crippen molar-refractivity contribution in [3.63, 3.8) is 0 Å². The molecule has 0 aromatic carbocycles. The summed E-state index contributed by atoms with van der Waals surface area (Å²) in [4.78, 5) is 0. The van der Waals surface area contributed by atoms with Gasteiger partial charge < -0.3 is 8.94 Å². The Morgan fingerprint density at radius 3 is 2.46 bits per heavy atom. The van der Waals surface area contributed by atoms with Gasteiger partial charge in [0.05, 0.1) is 17.4 Å². The highest BCUT2D eigenvalue weighted by molar-refractivity contribution is 7.89. The van der Waals surface area contributed by atoms with E-state index in [9.17, 15) is 8.42 Å². The van der Waals surface area contributed by atoms with Gasteiger partial charge in [0.15, 0.2) is 5.76 Å². The minimum atomic E-state index is -3.68. The zero-order chi connectivity index (χ0) is 18.6. The van der Waals surface area contributed by atoms with E-state index in [0.29, 0.717) is 24.6 Å². The predicted octanol–water partition coefficient (Wildman–Crippen LogP) is 2.61. The van der Waals surface area contributed by atoms with Crippen molar-refractivity contribution in [2.24, 2.45) is 0 Å². The van der Waals surface area contributed by atoms with Gasteiger partial charge in [-0.15, -0.1) is 0 Å². The molecule has 0 aliphatic carbocycles. The van der Waals surface area contributed by atoms with Crippen LogP contribution in [-0.4, -0.2) is 40.7 Å². The third-order valence-corrected chi connectivity index (χ3v) is 6.48. The first kappa shape index (κ1) is 17.0. The van der Waals surface area contributed by atoms with Crippen LogP contribution in [0.25, 0.3) is 11.5 Å². The fourth-order valence-electron chi connectivity index (χ4n) is 3.14. The summed E-state index contributed by atoms with van der Waals surface area (Å²) in [6, 6.07) is 5.08. The van der Waals surface area contributed by atoms with Gasteiger partial charge >= 0.3 is 0 Å². The molecule has 3 aromatic rings. The van der Waals surface area contributed by atoms with Gasteiger partial charge in [-0.25, -0.2) is 8.42 Å². The summed E-state index contributed by atoms with van der Waals surface area (Å²) in [7, 11) is -3.68. The summed E-state index contributed by atoms with van der Waals surface area (Å²) in [6.45, 7) is 8.32. The summed E-state index contributed by atoms with van der Waals surface area (Å²) in [5.74, 6) is 0.811. The molecular formula is C17H20N4O4S. The van der Waals surface area contributed by atoms with E-state index in [1.807, 2.05) is 38.4 Å². The van der Waals surface area contributed by atoms with Gasteiger partial charge in [-0.05, 0) is 45.9 Å². The van der Waals surface area contributed by atoms with Gasteiger partial charge in [-0.2, -0.15) is 9.40 Å². The summed E-state index contributed by atoms with van der Waals surface area (Å²) in [5.41, 5.74) is 3.53. The van der Waals surface area contributed by atoms with Crippen molar-refractivity contribution < 1.29 is 17.4 Å². The molecule has 8 nitrogen and oxygen atoms in total. The molecule has 1 saturated heterocycles. The number of aryl methyl sites for hydroxylation is 3. The number of sulfonamides is 1. The van der Waals surface area contributed by atoms with E-state index >= 15 is 0 Å². The third-order valence-electron chi connectivity index (χ3n) is 4.78. The molecule has 0 saturated carbocycles. The van der Waals surface area contributed by atoms with E-state index in [2.05, 4.69) is 10.3 Å². The third kappa shape index (κ3) is 2.58. The Hall–Kier alpha value is -2.39. The molecule has 26 heavy (non-hydrogen) atoms. The number of furan rings is 1. The van der Waals surface area contributed by atoms with E-state index in [0.717, 1.165) is 22.6 Å². The molecule has 0 atom stereocenters. The summed E-state index contributed by atoms with van der Waals surface area (Å²) in [5, 5.41) is 8.22. The molecule has 9 heteroatoms. The second-order valence-electron chi connectivity index (χ2n) is 6.69. The molecule has 1 fully saturated rings. The second kappa shape index (κ2) is 5.82. The fourth-order valence-corrected chi connectivity index (χ4v) is 4.56. The van der Waals surface area contributed by atoms with E-state index in [4.69, 9.17) is 8.94 Å². The molecule has 0 spiro atoms. The van der Waals surface area contributed by atoms with Crippen LogP contribution in [0.15, 0.2) is 32.2 Å². The first-order valence-electron chi connectivity index (χ1n) is 8.33. The number of nitrogens with zero attached hydrogens (tertiary/aromatic N) is 4. The molecule has 0 bridgehead atoms. The Balaban J connectivity index is 1.53. The molecular weight excluding hydrogens is 356 g/mol. The molecule has 138 valence electrons. The number of hydrogen-bond donors (Lipinski definition) is 0. The molecule has 0 unspecified atom stereocenters. The van der Waals surface area contributed by atoms with E-state index in [1.165, 1.54) is 10.4 Å². The van der Waals surface area contributed by atoms with Crippen LogP contribution in [0.3, 0.4) is 0 Å². The zero-order valence-electron chi connectivity index (χ0n) is 15.1. The molecule has 3 aromatic heterocycles. The van der Waals surface area contributed by atoms with Gasteiger partial charge in [0.2, 0.25) is 10.9 Å². The average molecular weight is 376 g/mol. The lowest BCUT2D eigenvalue weighted by atomic mass is 10.2. The molecule has 0 amide bonds. The van der Waals surface area contributed by atoms with Crippen molar-refractivity contribution in [2.45, 2.75) is 38.8 Å². The average Bonchev–Trinajstić information content (AvgIpc) is 3.20. The minimum absolute atomic E-state index is 0.0482. The Labute approximate surface area is 151 Å². The smallest absolute Gasteiger partial charge is 0.276 e. The predicted molar refractivity (Wildman–Crippen MR) is 93.2 cm³/mol. The molecule has 4 heterocycles. The first-order chi connectivity index (χ1) is 12.3. The van der Waals surface area contributed by atoms with E-state index < -0.39 is 10.0 Å². The van der Waals surface area contributed by atoms with Crippen LogP contribution < -0.4 is 0 Å². The van der Waals surface area contributed by atoms with E-state index in [-0.39, 0.29) is 11.1 Å². The topological polar surface area (TPSA) is 94.4 Å². The Morgan fingerprint density at radius 2 is 1.88 bits per heavy atom. The van der Waals surface area contributed by atoms with Gasteiger partial charge in [-0.1, -0.05) is 5.16 Å². The summed E-state index contributed by atoms with van der Waals surface area (Å²) >= 11 is 0. The Morgan fingerprint density at radius 1 is 1.15 bits per heavy atom. The van der Waals surface area contributed by atoms with Crippen LogP contribution in [-0.2, 0) is 10.0 Å². The summed E-state index contributed by atoms with van der Waals surface area (Å²) < 4.78 is 39.6. The number of hydrogen-bond acceptors (Lipinski definition) is 6. The van der Waals surface area contributed by atoms with Crippen molar-refractivity contribution in [1.29, 1.82) is 0 Å². The Bertz CT molecular complexity index is 1070. The van der Waals surface area contributed by atoms with Crippen molar-refractivity contribution in [1.82, 2.24) is 19.2 Å². The lowest BCUT2D eigenvalue weighted by Gasteiger charge is -2.37. The molecule has 4 rings (SSSR count). The highest BCUT2D eigenvalue weighted by Gasteiger charge is 2.40. The van der Waals surface area contributed by atoms with Crippen molar-refractivity contribution in [2.75, 3.05) is 13.1 Å². The summed E-state index contributed by atoms with van der Waals surface area (Å²) in [6.07, 6.45) is 0. The van der Waals surface area contributed by atoms with Gasteiger partial charge in [0, 0.05) is 24.3 Å². The highest BCUT2D eigenvalue weighted by atomic mass is 32.2. The van der Waals surface area contributed by atoms with Crippen LogP contribution in [0.4, 0.5) is 0 Å². The molecule has 1 aliphatic heterocycles. The standard InChI is InChI=1S/C17H20N4O4S/c1-10-7-11(2)21(18-10)14-8-20(9-14)26(22,23)16-6-5-15(24-16)17-12(3)13(4)19-25-17/h5-7,14H,8-9H2,1-4H3. The van der Waals surface area contributed by atoms with Crippen molar-refractivity contribution in [3.05, 3.63) is 40.8 Å². The van der Waals surface area contributed by atoms with E-state index in [1.54, 1.807) is 6.07 Å². The number of rotatable bonds is 4. The van der Waals surface area contributed by atoms with Crippen LogP contribution >= 0.6 is 0 Å². The molecule has 0 N–H and O–H groups in total. The van der Waals surface area contributed by atoms with Crippen LogP contribution in [0.2, 0.25) is 0 Å². The maximum atomic E-state index is 12.8. The maximum absolute atomic E-state index is 12.8. The van der Waals surface area contributed by atoms with Crippen LogP contribution in [0.5, 0.6) is 0 Å². The lowest BCUT2D eigenvalue weighted by Crippen LogP contribution is -2.50. The largest absolute Gasteiger partial charge is 0.440 e. The minimum Gasteiger partial charge on any atom is -0.440 e. The maximum Gasteiger partial charge on any atom is 0.276 e. The highest BCUT2D eigenvalue weighted by Crippen LogP contribution is 2.33. The monoisotopic (exact) mass is 376 g/mol. The first-order valence-corrected chi connectivity index (χ1v) is 9.77. The zero-order valence-corrected chi connectivity index (χ0v) is 15.9. The van der Waals surface area contributed by atoms with Crippen molar-refractivity contribution >= 4 is 10.0 Å². The van der Waals surface area contributed by atoms with Gasteiger partial charge in [-0.3, -0.25) is 4.68 Å². The van der Waals surface area contributed by atoms with Crippen molar-refractivity contribution in [3.8, 4) is 11.5 Å². The molecule has 1 aliphatic rings. The van der Waals surface area contributed by atoms with Gasteiger partial charge in [0.1, 0.15) is 0 Å². The SMILES string of the molecule is Cc1cc(C)n(C2CN(S(=O)(=O)c3ccc(-c4onc(C)c4C)o3)C2)n1. The normalized spacial score (nSPS) is 16.2. The van der Waals surface area contributed by atoms with Crippen LogP contribution in [0.1, 0.15) is 28.7 Å². The Kier molecular flexibility index (Phi) is 3.81. The second-order valence-corrected chi connectivity index (χ2v) is 8.56. The quantitative estimate of drug-likeness (QED) is 0.695. The lowest BCUT2D eigenvalue weighted by molar-refractivity contribution is 0.185. The van der Waals surface area contributed by atoms with Gasteiger partial charge in [0.25, 0.3) is 10.0 Å². The molecule has 0 radical (unpaired) electrons. The van der Waals surface area contributed by atoms with Crippen LogP contribution in [0, 0.1) is 27.7 Å².